The fraction of sp³-hybridized carbons (Fsp3) is 0.350. The topological polar surface area (TPSA) is 80.8 Å². The molecule has 3 rings (SSSR count). The molecule has 1 fully saturated rings. The van der Waals surface area contributed by atoms with Crippen molar-refractivity contribution < 1.29 is 19.1 Å². The predicted molar refractivity (Wildman–Crippen MR) is 101 cm³/mol. The Bertz CT molecular complexity index is 778. The van der Waals surface area contributed by atoms with E-state index in [1.54, 1.807) is 48.7 Å². The van der Waals surface area contributed by atoms with Crippen molar-refractivity contribution in [1.82, 2.24) is 9.88 Å². The second kappa shape index (κ2) is 9.02. The van der Waals surface area contributed by atoms with E-state index < -0.39 is 0 Å². The SMILES string of the molecule is COc1ccccc1OCC(=O)N(CCC(=O)Nc1cccnc1)C1CC1. The molecule has 0 saturated heterocycles. The zero-order valence-corrected chi connectivity index (χ0v) is 15.3. The maximum atomic E-state index is 12.6. The van der Waals surface area contributed by atoms with Crippen LogP contribution in [0.4, 0.5) is 5.69 Å². The minimum atomic E-state index is -0.146. The predicted octanol–water partition coefficient (Wildman–Crippen LogP) is 2.49. The number of methoxy groups -OCH3 is 1. The summed E-state index contributed by atoms with van der Waals surface area (Å²) in [5, 5.41) is 2.78. The van der Waals surface area contributed by atoms with Gasteiger partial charge in [0.05, 0.1) is 19.0 Å². The maximum absolute atomic E-state index is 12.6. The molecule has 0 spiro atoms. The average molecular weight is 369 g/mol. The summed E-state index contributed by atoms with van der Waals surface area (Å²) in [6, 6.07) is 10.9. The van der Waals surface area contributed by atoms with Crippen molar-refractivity contribution in [3.8, 4) is 11.5 Å². The Morgan fingerprint density at radius 2 is 1.96 bits per heavy atom. The third-order valence-corrected chi connectivity index (χ3v) is 4.25. The van der Waals surface area contributed by atoms with Crippen molar-refractivity contribution in [2.45, 2.75) is 25.3 Å². The van der Waals surface area contributed by atoms with E-state index in [-0.39, 0.29) is 30.9 Å². The van der Waals surface area contributed by atoms with Gasteiger partial charge in [-0.05, 0) is 37.1 Å². The summed E-state index contributed by atoms with van der Waals surface area (Å²) in [4.78, 5) is 30.4. The van der Waals surface area contributed by atoms with Crippen LogP contribution in [0.1, 0.15) is 19.3 Å². The molecule has 0 atom stereocenters. The second-order valence-corrected chi connectivity index (χ2v) is 6.30. The first kappa shape index (κ1) is 18.7. The summed E-state index contributed by atoms with van der Waals surface area (Å²) >= 11 is 0. The smallest absolute Gasteiger partial charge is 0.260 e. The van der Waals surface area contributed by atoms with Crippen LogP contribution in [0.5, 0.6) is 11.5 Å². The fourth-order valence-corrected chi connectivity index (χ4v) is 2.74. The van der Waals surface area contributed by atoms with Crippen molar-refractivity contribution in [3.63, 3.8) is 0 Å². The van der Waals surface area contributed by atoms with Gasteiger partial charge in [0.1, 0.15) is 0 Å². The molecule has 2 amide bonds. The van der Waals surface area contributed by atoms with Crippen LogP contribution in [0.2, 0.25) is 0 Å². The van der Waals surface area contributed by atoms with Gasteiger partial charge in [-0.25, -0.2) is 0 Å². The highest BCUT2D eigenvalue weighted by Crippen LogP contribution is 2.28. The van der Waals surface area contributed by atoms with Gasteiger partial charge in [-0.2, -0.15) is 0 Å². The van der Waals surface area contributed by atoms with E-state index in [0.717, 1.165) is 12.8 Å². The Balaban J connectivity index is 1.51. The molecule has 0 radical (unpaired) electrons. The lowest BCUT2D eigenvalue weighted by atomic mass is 10.3. The van der Waals surface area contributed by atoms with Crippen LogP contribution in [0.25, 0.3) is 0 Å². The number of amides is 2. The molecule has 1 heterocycles. The summed E-state index contributed by atoms with van der Waals surface area (Å²) in [6.45, 7) is 0.284. The lowest BCUT2D eigenvalue weighted by Crippen LogP contribution is -2.38. The highest BCUT2D eigenvalue weighted by atomic mass is 16.5. The number of nitrogens with one attached hydrogen (secondary N) is 1. The number of anilines is 1. The third kappa shape index (κ3) is 5.44. The molecule has 1 aromatic heterocycles. The fourth-order valence-electron chi connectivity index (χ4n) is 2.74. The van der Waals surface area contributed by atoms with Gasteiger partial charge in [0.25, 0.3) is 5.91 Å². The first-order chi connectivity index (χ1) is 13.2. The molecule has 27 heavy (non-hydrogen) atoms. The van der Waals surface area contributed by atoms with Crippen molar-refractivity contribution in [3.05, 3.63) is 48.8 Å². The first-order valence-electron chi connectivity index (χ1n) is 8.92. The molecule has 2 aromatic rings. The summed E-state index contributed by atoms with van der Waals surface area (Å²) < 4.78 is 10.9. The van der Waals surface area contributed by atoms with Gasteiger partial charge in [0.2, 0.25) is 5.91 Å². The summed E-state index contributed by atoms with van der Waals surface area (Å²) in [6.07, 6.45) is 5.38. The van der Waals surface area contributed by atoms with Crippen LogP contribution in [0.3, 0.4) is 0 Å². The Kier molecular flexibility index (Phi) is 6.25. The Labute approximate surface area is 158 Å². The molecule has 0 aliphatic heterocycles. The number of hydrogen-bond donors (Lipinski definition) is 1. The number of pyridine rings is 1. The van der Waals surface area contributed by atoms with Gasteiger partial charge in [-0.1, -0.05) is 12.1 Å². The third-order valence-electron chi connectivity index (χ3n) is 4.25. The number of carbonyl (C=O) groups is 2. The van der Waals surface area contributed by atoms with Gasteiger partial charge < -0.3 is 19.7 Å². The summed E-state index contributed by atoms with van der Waals surface area (Å²) in [7, 11) is 1.56. The molecular weight excluding hydrogens is 346 g/mol. The van der Waals surface area contributed by atoms with Gasteiger partial charge in [0, 0.05) is 25.2 Å². The Hall–Kier alpha value is -3.09. The maximum Gasteiger partial charge on any atom is 0.260 e. The van der Waals surface area contributed by atoms with Crippen LogP contribution >= 0.6 is 0 Å². The molecule has 1 N–H and O–H groups in total. The highest BCUT2D eigenvalue weighted by Gasteiger charge is 2.32. The second-order valence-electron chi connectivity index (χ2n) is 6.30. The minimum absolute atomic E-state index is 0.0822. The van der Waals surface area contributed by atoms with E-state index in [9.17, 15) is 9.59 Å². The van der Waals surface area contributed by atoms with Gasteiger partial charge in [-0.15, -0.1) is 0 Å². The van der Waals surface area contributed by atoms with Crippen LogP contribution < -0.4 is 14.8 Å². The largest absolute Gasteiger partial charge is 0.493 e. The van der Waals surface area contributed by atoms with Crippen molar-refractivity contribution in [2.24, 2.45) is 0 Å². The lowest BCUT2D eigenvalue weighted by Gasteiger charge is -2.22. The van der Waals surface area contributed by atoms with E-state index in [1.807, 2.05) is 12.1 Å². The number of benzene rings is 1. The van der Waals surface area contributed by atoms with Gasteiger partial charge >= 0.3 is 0 Å². The summed E-state index contributed by atoms with van der Waals surface area (Å²) in [5.74, 6) is 0.835. The Morgan fingerprint density at radius 3 is 2.63 bits per heavy atom. The molecule has 0 bridgehead atoms. The highest BCUT2D eigenvalue weighted by molar-refractivity contribution is 5.91. The van der Waals surface area contributed by atoms with E-state index in [0.29, 0.717) is 23.7 Å². The molecule has 1 aromatic carbocycles. The zero-order valence-electron chi connectivity index (χ0n) is 15.3. The standard InChI is InChI=1S/C20H23N3O4/c1-26-17-6-2-3-7-18(17)27-14-20(25)23(16-8-9-16)12-10-19(24)22-15-5-4-11-21-13-15/h2-7,11,13,16H,8-10,12,14H2,1H3,(H,22,24). The van der Waals surface area contributed by atoms with Crippen molar-refractivity contribution >= 4 is 17.5 Å². The zero-order chi connectivity index (χ0) is 19.1. The number of aromatic nitrogens is 1. The number of para-hydroxylation sites is 2. The lowest BCUT2D eigenvalue weighted by molar-refractivity contribution is -0.134. The van der Waals surface area contributed by atoms with Crippen LogP contribution in [0, 0.1) is 0 Å². The number of nitrogens with zero attached hydrogens (tertiary/aromatic N) is 2. The number of rotatable bonds is 9. The quantitative estimate of drug-likeness (QED) is 0.734. The number of ether oxygens (including phenoxy) is 2. The Morgan fingerprint density at radius 1 is 1.19 bits per heavy atom. The van der Waals surface area contributed by atoms with Crippen LogP contribution in [0.15, 0.2) is 48.8 Å². The molecule has 1 saturated carbocycles. The van der Waals surface area contributed by atoms with Gasteiger partial charge in [0.15, 0.2) is 18.1 Å². The normalized spacial score (nSPS) is 12.9. The van der Waals surface area contributed by atoms with Gasteiger partial charge in [-0.3, -0.25) is 14.6 Å². The molecule has 0 unspecified atom stereocenters. The monoisotopic (exact) mass is 369 g/mol. The van der Waals surface area contributed by atoms with Crippen LogP contribution in [-0.4, -0.2) is 48.0 Å². The number of carbonyl (C=O) groups excluding carboxylic acids is 2. The summed E-state index contributed by atoms with van der Waals surface area (Å²) in [5.41, 5.74) is 0.645. The molecule has 142 valence electrons. The van der Waals surface area contributed by atoms with Crippen LogP contribution in [-0.2, 0) is 9.59 Å². The molecular formula is C20H23N3O4. The minimum Gasteiger partial charge on any atom is -0.493 e. The van der Waals surface area contributed by atoms with Crippen molar-refractivity contribution in [2.75, 3.05) is 25.6 Å². The molecule has 1 aliphatic rings. The van der Waals surface area contributed by atoms with E-state index >= 15 is 0 Å². The first-order valence-corrected chi connectivity index (χ1v) is 8.92. The van der Waals surface area contributed by atoms with E-state index in [1.165, 1.54) is 0 Å². The molecule has 7 heteroatoms. The molecule has 7 nitrogen and oxygen atoms in total. The molecule has 1 aliphatic carbocycles. The number of hydrogen-bond acceptors (Lipinski definition) is 5. The van der Waals surface area contributed by atoms with E-state index in [4.69, 9.17) is 9.47 Å². The average Bonchev–Trinajstić information content (AvgIpc) is 3.52. The van der Waals surface area contributed by atoms with E-state index in [2.05, 4.69) is 10.3 Å². The van der Waals surface area contributed by atoms with Crippen molar-refractivity contribution in [1.29, 1.82) is 0 Å².